The number of carbonyl (C=O) groups is 4. The number of furan rings is 2. The van der Waals surface area contributed by atoms with E-state index in [9.17, 15) is 24.3 Å². The van der Waals surface area contributed by atoms with Gasteiger partial charge in [0.05, 0.1) is 12.8 Å². The molecule has 0 radical (unpaired) electrons. The van der Waals surface area contributed by atoms with Gasteiger partial charge in [0.2, 0.25) is 23.6 Å². The van der Waals surface area contributed by atoms with Gasteiger partial charge in [0.15, 0.2) is 0 Å². The summed E-state index contributed by atoms with van der Waals surface area (Å²) in [6.07, 6.45) is 4.91. The van der Waals surface area contributed by atoms with Gasteiger partial charge in [-0.1, -0.05) is 76.2 Å². The van der Waals surface area contributed by atoms with Crippen LogP contribution in [0.25, 0.3) is 22.6 Å². The molecule has 4 heterocycles. The van der Waals surface area contributed by atoms with E-state index in [0.29, 0.717) is 36.9 Å². The number of benzene rings is 2. The first-order valence-corrected chi connectivity index (χ1v) is 23.3. The van der Waals surface area contributed by atoms with Crippen molar-refractivity contribution >= 4 is 35.1 Å². The van der Waals surface area contributed by atoms with Crippen LogP contribution in [0.15, 0.2) is 112 Å². The van der Waals surface area contributed by atoms with E-state index in [1.165, 1.54) is 6.08 Å². The van der Waals surface area contributed by atoms with E-state index in [-0.39, 0.29) is 104 Å². The number of amides is 4. The first kappa shape index (κ1) is 50.6. The van der Waals surface area contributed by atoms with Gasteiger partial charge in [-0.05, 0) is 68.3 Å². The highest BCUT2D eigenvalue weighted by Crippen LogP contribution is 2.26. The maximum Gasteiger partial charge on any atom is 0.244 e. The molecule has 16 heteroatoms. The van der Waals surface area contributed by atoms with Crippen LogP contribution in [0.1, 0.15) is 65.4 Å². The molecule has 4 unspecified atom stereocenters. The Morgan fingerprint density at radius 1 is 0.721 bits per heavy atom. The number of hydrogen-bond acceptors (Lipinski definition) is 12. The van der Waals surface area contributed by atoms with Gasteiger partial charge in [0.25, 0.3) is 0 Å². The largest absolute Gasteiger partial charge is 0.511 e. The van der Waals surface area contributed by atoms with Gasteiger partial charge >= 0.3 is 0 Å². The summed E-state index contributed by atoms with van der Waals surface area (Å²) >= 11 is 0. The van der Waals surface area contributed by atoms with E-state index >= 15 is 0 Å². The Morgan fingerprint density at radius 2 is 1.22 bits per heavy atom. The minimum absolute atomic E-state index is 0.0324. The summed E-state index contributed by atoms with van der Waals surface area (Å²) in [6.45, 7) is 15.1. The van der Waals surface area contributed by atoms with Gasteiger partial charge in [-0.15, -0.1) is 0 Å². The molecule has 4 amide bonds. The average Bonchev–Trinajstić information content (AvgIpc) is 4.00. The van der Waals surface area contributed by atoms with Crippen molar-refractivity contribution in [3.63, 3.8) is 0 Å². The molecule has 0 saturated carbocycles. The van der Waals surface area contributed by atoms with Crippen LogP contribution in [0.5, 0.6) is 0 Å². The molecule has 0 bridgehead atoms. The predicted molar refractivity (Wildman–Crippen MR) is 263 cm³/mol. The molecule has 0 spiro atoms. The van der Waals surface area contributed by atoms with Crippen LogP contribution in [0.3, 0.4) is 0 Å². The molecule has 2 aliphatic rings. The SMILES string of the molecule is CC(=N)/C=C(\O)CN1CC(C)N(C(=O)C(C)C)C(C(=O)NCc2ccc(-c3ccc(C/C(N)=C/C(=N)CN4CC(C)N(C(=O)C(C)C)C(C(=O)NCc5ccc(-c6ccco6)cc5)C4)o3)cc2)C1. The zero-order chi connectivity index (χ0) is 49.2. The van der Waals surface area contributed by atoms with Gasteiger partial charge in [0.1, 0.15) is 35.1 Å². The smallest absolute Gasteiger partial charge is 0.244 e. The Kier molecular flexibility index (Phi) is 17.0. The number of aliphatic hydroxyl groups excluding tert-OH is 1. The van der Waals surface area contributed by atoms with Gasteiger partial charge in [-0.2, -0.15) is 0 Å². The monoisotopic (exact) mass is 930 g/mol. The van der Waals surface area contributed by atoms with E-state index in [1.54, 1.807) is 29.1 Å². The Labute approximate surface area is 399 Å². The molecule has 6 rings (SSSR count). The number of nitrogens with two attached hydrogens (primary N) is 1. The number of carbonyl (C=O) groups excluding carboxylic acids is 4. The molecule has 362 valence electrons. The maximum atomic E-state index is 13.8. The molecule has 2 aromatic heterocycles. The highest BCUT2D eigenvalue weighted by atomic mass is 16.3. The third-order valence-corrected chi connectivity index (χ3v) is 12.1. The molecule has 0 aliphatic carbocycles. The number of hydrogen-bond donors (Lipinski definition) is 6. The molecular weight excluding hydrogens is 863 g/mol. The zero-order valence-electron chi connectivity index (χ0n) is 40.3. The number of nitrogens with zero attached hydrogens (tertiary/aromatic N) is 4. The number of nitrogens with one attached hydrogen (secondary N) is 4. The fourth-order valence-corrected chi connectivity index (χ4v) is 8.91. The summed E-state index contributed by atoms with van der Waals surface area (Å²) in [5, 5.41) is 32.9. The van der Waals surface area contributed by atoms with Crippen molar-refractivity contribution in [3.8, 4) is 22.6 Å². The second kappa shape index (κ2) is 22.8. The second-order valence-corrected chi connectivity index (χ2v) is 18.7. The van der Waals surface area contributed by atoms with E-state index in [2.05, 4.69) is 10.6 Å². The van der Waals surface area contributed by atoms with E-state index in [1.807, 2.05) is 124 Å². The molecular formula is C52H67N9O7. The van der Waals surface area contributed by atoms with Crippen molar-refractivity contribution in [2.75, 3.05) is 39.3 Å². The Balaban J connectivity index is 1.02. The molecule has 2 fully saturated rings. The molecule has 68 heavy (non-hydrogen) atoms. The summed E-state index contributed by atoms with van der Waals surface area (Å²) in [6, 6.07) is 20.8. The third kappa shape index (κ3) is 13.2. The molecule has 16 nitrogen and oxygen atoms in total. The lowest BCUT2D eigenvalue weighted by atomic mass is 10.0. The normalized spacial score (nSPS) is 19.6. The number of aliphatic hydroxyl groups is 1. The quantitative estimate of drug-likeness (QED) is 0.0494. The van der Waals surface area contributed by atoms with Crippen molar-refractivity contribution in [2.24, 2.45) is 17.6 Å². The van der Waals surface area contributed by atoms with Crippen LogP contribution in [0, 0.1) is 22.7 Å². The first-order valence-electron chi connectivity index (χ1n) is 23.3. The first-order chi connectivity index (χ1) is 32.4. The van der Waals surface area contributed by atoms with E-state index in [4.69, 9.17) is 25.4 Å². The molecule has 7 N–H and O–H groups in total. The van der Waals surface area contributed by atoms with Crippen molar-refractivity contribution in [1.82, 2.24) is 30.2 Å². The minimum Gasteiger partial charge on any atom is -0.511 e. The molecule has 4 aromatic rings. The fourth-order valence-electron chi connectivity index (χ4n) is 8.91. The lowest BCUT2D eigenvalue weighted by Gasteiger charge is -2.45. The Morgan fingerprint density at radius 3 is 1.69 bits per heavy atom. The van der Waals surface area contributed by atoms with Gasteiger partial charge in [-0.25, -0.2) is 0 Å². The molecule has 4 atom stereocenters. The Hall–Kier alpha value is -6.78. The summed E-state index contributed by atoms with van der Waals surface area (Å²) < 4.78 is 11.6. The summed E-state index contributed by atoms with van der Waals surface area (Å²) in [5.41, 5.74) is 10.9. The summed E-state index contributed by atoms with van der Waals surface area (Å²) in [5.74, 6) is 0.722. The van der Waals surface area contributed by atoms with Crippen LogP contribution in [0.4, 0.5) is 0 Å². The van der Waals surface area contributed by atoms with Crippen LogP contribution < -0.4 is 16.4 Å². The lowest BCUT2D eigenvalue weighted by molar-refractivity contribution is -0.150. The third-order valence-electron chi connectivity index (χ3n) is 12.1. The topological polar surface area (TPSA) is 226 Å². The molecule has 2 saturated heterocycles. The van der Waals surface area contributed by atoms with Gasteiger partial charge < -0.3 is 50.9 Å². The second-order valence-electron chi connectivity index (χ2n) is 18.7. The van der Waals surface area contributed by atoms with Gasteiger partial charge in [0, 0.05) is 104 Å². The van der Waals surface area contributed by atoms with Crippen molar-refractivity contribution in [1.29, 1.82) is 10.8 Å². The average molecular weight is 930 g/mol. The van der Waals surface area contributed by atoms with Crippen LogP contribution in [-0.2, 0) is 38.7 Å². The van der Waals surface area contributed by atoms with E-state index in [0.717, 1.165) is 28.0 Å². The van der Waals surface area contributed by atoms with Crippen LogP contribution in [0.2, 0.25) is 0 Å². The van der Waals surface area contributed by atoms with Crippen molar-refractivity contribution in [2.45, 2.75) is 92.1 Å². The van der Waals surface area contributed by atoms with Crippen LogP contribution >= 0.6 is 0 Å². The van der Waals surface area contributed by atoms with Gasteiger partial charge in [-0.3, -0.25) is 29.0 Å². The van der Waals surface area contributed by atoms with E-state index < -0.39 is 12.1 Å². The summed E-state index contributed by atoms with van der Waals surface area (Å²) in [7, 11) is 0. The number of rotatable bonds is 18. The highest BCUT2D eigenvalue weighted by molar-refractivity contribution is 5.95. The molecule has 2 aromatic carbocycles. The minimum atomic E-state index is -0.755. The zero-order valence-corrected chi connectivity index (χ0v) is 40.3. The summed E-state index contributed by atoms with van der Waals surface area (Å²) in [4.78, 5) is 61.4. The number of piperazine rings is 2. The van der Waals surface area contributed by atoms with Crippen molar-refractivity contribution < 1.29 is 33.1 Å². The predicted octanol–water partition coefficient (Wildman–Crippen LogP) is 6.14. The highest BCUT2D eigenvalue weighted by Gasteiger charge is 2.41. The Bertz CT molecular complexity index is 2470. The van der Waals surface area contributed by atoms with Crippen LogP contribution in [-0.4, -0.2) is 123 Å². The lowest BCUT2D eigenvalue weighted by Crippen LogP contribution is -2.65. The standard InChI is InChI=1S/C52H67N9O7/c1-32(2)51(65)60-35(6)26-58(30-45(60)49(63)56-24-37-10-14-39(15-11-37)47-9-8-20-67-47)28-42(55)22-41(54)23-44-18-19-48(68-44)40-16-12-38(13-17-40)25-57-50(64)46-31-59(29-43(62)21-34(5)53)27-36(7)61(46)52(66)33(3)4/h8-22,32-33,35-36,45-46,53,55,62H,23-31,54H2,1-7H3,(H,56,63)(H,57,64)/b41-22-,43-21-,53-34?,55-42?. The number of allylic oxidation sites excluding steroid dienone is 2. The fraction of sp³-hybridized carbons (Fsp3) is 0.423. The molecule has 2 aliphatic heterocycles. The maximum absolute atomic E-state index is 13.8. The van der Waals surface area contributed by atoms with Crippen molar-refractivity contribution in [3.05, 3.63) is 120 Å².